The standard InChI is InChI=1S/C40H43N5O7/c1-51-34-18-17-30(37-29(34)10-6-20-41-37)42-35(46)24-28-16-19-36(47)45-21-7-11-33(45)39(49)43-31(22-25-8-4-3-5-9-25)38(48)44-32(40(50)52-2)23-26-12-14-27(28)15-13-26/h3-6,8-10,12-15,17-18,20,28,31-33H,7,11,16,19,21-24H2,1-2H3,(H,42,46)(H,43,49)(H,44,48)/t28?,31-,32-,33-/m0/s1. The molecule has 0 radical (unpaired) electrons. The number of esters is 1. The van der Waals surface area contributed by atoms with Crippen LogP contribution in [0.25, 0.3) is 10.9 Å². The molecule has 3 aromatic carbocycles. The minimum absolute atomic E-state index is 0.0822. The molecule has 12 heteroatoms. The van der Waals surface area contributed by atoms with Gasteiger partial charge in [0.05, 0.1) is 25.4 Å². The zero-order valence-corrected chi connectivity index (χ0v) is 29.3. The molecule has 0 aliphatic carbocycles. The Balaban J connectivity index is 1.28. The van der Waals surface area contributed by atoms with Crippen molar-refractivity contribution in [3.63, 3.8) is 0 Å². The molecule has 4 aromatic rings. The average Bonchev–Trinajstić information content (AvgIpc) is 3.67. The van der Waals surface area contributed by atoms with Crippen LogP contribution in [-0.2, 0) is 41.6 Å². The van der Waals surface area contributed by atoms with Crippen LogP contribution >= 0.6 is 0 Å². The molecule has 1 unspecified atom stereocenters. The summed E-state index contributed by atoms with van der Waals surface area (Å²) in [6, 6.07) is 21.2. The predicted molar refractivity (Wildman–Crippen MR) is 194 cm³/mol. The highest BCUT2D eigenvalue weighted by Gasteiger charge is 2.37. The maximum atomic E-state index is 13.8. The second-order valence-corrected chi connectivity index (χ2v) is 13.2. The maximum absolute atomic E-state index is 13.8. The lowest BCUT2D eigenvalue weighted by atomic mass is 9.89. The highest BCUT2D eigenvalue weighted by Crippen LogP contribution is 2.32. The number of hydrogen-bond acceptors (Lipinski definition) is 8. The fourth-order valence-corrected chi connectivity index (χ4v) is 7.11. The van der Waals surface area contributed by atoms with Gasteiger partial charge in [-0.2, -0.15) is 0 Å². The normalized spacial score (nSPS) is 21.1. The molecule has 4 atom stereocenters. The molecule has 0 spiro atoms. The first-order valence-electron chi connectivity index (χ1n) is 17.6. The average molecular weight is 706 g/mol. The summed E-state index contributed by atoms with van der Waals surface area (Å²) in [5.41, 5.74) is 3.56. The lowest BCUT2D eigenvalue weighted by Crippen LogP contribution is -2.56. The Labute approximate surface area is 302 Å². The maximum Gasteiger partial charge on any atom is 0.328 e. The van der Waals surface area contributed by atoms with E-state index in [9.17, 15) is 24.0 Å². The van der Waals surface area contributed by atoms with Crippen molar-refractivity contribution < 1.29 is 33.4 Å². The van der Waals surface area contributed by atoms with Crippen LogP contribution in [0, 0.1) is 0 Å². The Morgan fingerprint density at radius 2 is 1.69 bits per heavy atom. The number of aromatic nitrogens is 1. The Kier molecular flexibility index (Phi) is 11.4. The van der Waals surface area contributed by atoms with Crippen molar-refractivity contribution in [3.8, 4) is 5.75 Å². The number of benzene rings is 3. The molecule has 2 bridgehead atoms. The number of amides is 4. The van der Waals surface area contributed by atoms with Gasteiger partial charge in [0.25, 0.3) is 0 Å². The van der Waals surface area contributed by atoms with Crippen LogP contribution < -0.4 is 20.7 Å². The Hall–Kier alpha value is -5.78. The molecular formula is C40H43N5O7. The summed E-state index contributed by atoms with van der Waals surface area (Å²) >= 11 is 0. The van der Waals surface area contributed by atoms with Crippen LogP contribution in [0.3, 0.4) is 0 Å². The number of carbonyl (C=O) groups excluding carboxylic acids is 5. The van der Waals surface area contributed by atoms with Gasteiger partial charge < -0.3 is 30.3 Å². The van der Waals surface area contributed by atoms with Gasteiger partial charge in [0, 0.05) is 43.8 Å². The lowest BCUT2D eigenvalue weighted by Gasteiger charge is -2.27. The molecule has 3 N–H and O–H groups in total. The van der Waals surface area contributed by atoms with E-state index in [0.717, 1.165) is 22.1 Å². The Morgan fingerprint density at radius 3 is 2.44 bits per heavy atom. The van der Waals surface area contributed by atoms with Gasteiger partial charge in [-0.15, -0.1) is 0 Å². The van der Waals surface area contributed by atoms with Crippen molar-refractivity contribution in [1.82, 2.24) is 20.5 Å². The third-order valence-corrected chi connectivity index (χ3v) is 9.85. The molecule has 7 rings (SSSR count). The second kappa shape index (κ2) is 16.5. The Morgan fingerprint density at radius 1 is 0.904 bits per heavy atom. The third kappa shape index (κ3) is 8.39. The minimum Gasteiger partial charge on any atom is -0.496 e. The number of nitrogens with one attached hydrogen (secondary N) is 3. The van der Waals surface area contributed by atoms with E-state index in [-0.39, 0.29) is 43.4 Å². The minimum atomic E-state index is -1.02. The van der Waals surface area contributed by atoms with Crippen molar-refractivity contribution in [2.45, 2.75) is 69.0 Å². The first-order chi connectivity index (χ1) is 25.2. The van der Waals surface area contributed by atoms with E-state index in [1.54, 1.807) is 36.4 Å². The highest BCUT2D eigenvalue weighted by atomic mass is 16.5. The van der Waals surface area contributed by atoms with E-state index < -0.39 is 35.9 Å². The van der Waals surface area contributed by atoms with E-state index in [1.807, 2.05) is 60.7 Å². The van der Waals surface area contributed by atoms with Crippen LogP contribution in [0.15, 0.2) is 85.1 Å². The quantitative estimate of drug-likeness (QED) is 0.243. The topological polar surface area (TPSA) is 156 Å². The van der Waals surface area contributed by atoms with Gasteiger partial charge >= 0.3 is 5.97 Å². The molecule has 0 saturated carbocycles. The number of anilines is 1. The van der Waals surface area contributed by atoms with Crippen molar-refractivity contribution >= 4 is 46.2 Å². The predicted octanol–water partition coefficient (Wildman–Crippen LogP) is 4.07. The van der Waals surface area contributed by atoms with Crippen LogP contribution in [0.2, 0.25) is 0 Å². The molecule has 3 aliphatic heterocycles. The van der Waals surface area contributed by atoms with E-state index in [1.165, 1.54) is 7.11 Å². The van der Waals surface area contributed by atoms with E-state index >= 15 is 0 Å². The molecule has 12 nitrogen and oxygen atoms in total. The number of carbonyl (C=O) groups is 5. The summed E-state index contributed by atoms with van der Waals surface area (Å²) in [7, 11) is 2.84. The summed E-state index contributed by atoms with van der Waals surface area (Å²) in [6.07, 6.45) is 3.64. The molecule has 4 heterocycles. The largest absolute Gasteiger partial charge is 0.496 e. The molecule has 4 amide bonds. The number of rotatable bonds is 7. The summed E-state index contributed by atoms with van der Waals surface area (Å²) < 4.78 is 10.5. The van der Waals surface area contributed by atoms with Gasteiger partial charge in [-0.05, 0) is 66.1 Å². The second-order valence-electron chi connectivity index (χ2n) is 13.2. The van der Waals surface area contributed by atoms with Gasteiger partial charge in [-0.1, -0.05) is 54.6 Å². The molecule has 270 valence electrons. The molecule has 3 aliphatic rings. The zero-order valence-electron chi connectivity index (χ0n) is 29.3. The zero-order chi connectivity index (χ0) is 36.6. The Bertz CT molecular complexity index is 1930. The number of fused-ring (bicyclic) bond motifs is 12. The van der Waals surface area contributed by atoms with Crippen LogP contribution in [-0.4, -0.2) is 78.4 Å². The van der Waals surface area contributed by atoms with E-state index in [0.29, 0.717) is 42.8 Å². The lowest BCUT2D eigenvalue weighted by molar-refractivity contribution is -0.145. The summed E-state index contributed by atoms with van der Waals surface area (Å²) in [5, 5.41) is 9.47. The first kappa shape index (κ1) is 36.0. The number of ether oxygens (including phenoxy) is 2. The number of hydrogen-bond donors (Lipinski definition) is 3. The summed E-state index contributed by atoms with van der Waals surface area (Å²) in [5.74, 6) is -1.72. The van der Waals surface area contributed by atoms with E-state index in [4.69, 9.17) is 9.47 Å². The number of nitrogens with zero attached hydrogens (tertiary/aromatic N) is 2. The number of methoxy groups -OCH3 is 2. The smallest absolute Gasteiger partial charge is 0.328 e. The molecular weight excluding hydrogens is 662 g/mol. The third-order valence-electron chi connectivity index (χ3n) is 9.85. The van der Waals surface area contributed by atoms with Crippen molar-refractivity contribution in [1.29, 1.82) is 0 Å². The van der Waals surface area contributed by atoms with Crippen LogP contribution in [0.4, 0.5) is 5.69 Å². The number of pyridine rings is 1. The van der Waals surface area contributed by atoms with Gasteiger partial charge in [-0.25, -0.2) is 4.79 Å². The molecule has 52 heavy (non-hydrogen) atoms. The van der Waals surface area contributed by atoms with E-state index in [2.05, 4.69) is 20.9 Å². The van der Waals surface area contributed by atoms with Crippen molar-refractivity contribution in [2.75, 3.05) is 26.1 Å². The summed E-state index contributed by atoms with van der Waals surface area (Å²) in [6.45, 7) is 0.411. The molecule has 1 fully saturated rings. The van der Waals surface area contributed by atoms with Gasteiger partial charge in [0.1, 0.15) is 23.9 Å². The molecule has 1 aromatic heterocycles. The van der Waals surface area contributed by atoms with Crippen LogP contribution in [0.5, 0.6) is 5.75 Å². The van der Waals surface area contributed by atoms with Gasteiger partial charge in [0.2, 0.25) is 23.6 Å². The SMILES string of the molecule is COC(=O)[C@@H]1Cc2ccc(cc2)C(CC(=O)Nc2ccc(OC)c3cccnc23)CCC(=O)N2CCC[C@H]2C(=O)N[C@@H](Cc2ccccc2)C(=O)N1. The monoisotopic (exact) mass is 705 g/mol. The molecule has 1 saturated heterocycles. The van der Waals surface area contributed by atoms with Crippen LogP contribution in [0.1, 0.15) is 54.7 Å². The van der Waals surface area contributed by atoms with Crippen molar-refractivity contribution in [3.05, 3.63) is 102 Å². The van der Waals surface area contributed by atoms with Gasteiger partial charge in [0.15, 0.2) is 0 Å². The fourth-order valence-electron chi connectivity index (χ4n) is 7.11. The first-order valence-corrected chi connectivity index (χ1v) is 17.6. The summed E-state index contributed by atoms with van der Waals surface area (Å²) in [4.78, 5) is 73.9. The van der Waals surface area contributed by atoms with Gasteiger partial charge in [-0.3, -0.25) is 24.2 Å². The fraction of sp³-hybridized carbons (Fsp3) is 0.350. The van der Waals surface area contributed by atoms with Crippen molar-refractivity contribution in [2.24, 2.45) is 0 Å². The highest BCUT2D eigenvalue weighted by molar-refractivity contribution is 6.02.